The maximum Gasteiger partial charge on any atom is 0.263 e. The molecule has 0 aliphatic carbocycles. The van der Waals surface area contributed by atoms with E-state index in [9.17, 15) is 8.42 Å². The monoisotopic (exact) mass is 298 g/mol. The quantitative estimate of drug-likeness (QED) is 0.798. The van der Waals surface area contributed by atoms with Crippen molar-refractivity contribution in [3.63, 3.8) is 0 Å². The average Bonchev–Trinajstić information content (AvgIpc) is 2.69. The van der Waals surface area contributed by atoms with Gasteiger partial charge < -0.3 is 0 Å². The zero-order chi connectivity index (χ0) is 13.2. The first-order valence-corrected chi connectivity index (χ1v) is 8.43. The lowest BCUT2D eigenvalue weighted by Gasteiger charge is -1.97. The minimum absolute atomic E-state index is 0.210. The second kappa shape index (κ2) is 5.26. The zero-order valence-corrected chi connectivity index (χ0v) is 12.0. The molecule has 0 bridgehead atoms. The first kappa shape index (κ1) is 13.3. The van der Waals surface area contributed by atoms with Crippen molar-refractivity contribution in [2.75, 3.05) is 0 Å². The molecule has 1 aromatic heterocycles. The van der Waals surface area contributed by atoms with Gasteiger partial charge in [0.05, 0.1) is 0 Å². The highest BCUT2D eigenvalue weighted by Gasteiger charge is 2.18. The van der Waals surface area contributed by atoms with Crippen LogP contribution >= 0.6 is 22.0 Å². The van der Waals surface area contributed by atoms with Crippen molar-refractivity contribution in [1.29, 1.82) is 0 Å². The van der Waals surface area contributed by atoms with Gasteiger partial charge in [-0.25, -0.2) is 8.42 Å². The molecule has 18 heavy (non-hydrogen) atoms. The molecule has 2 nitrogen and oxygen atoms in total. The minimum Gasteiger partial charge on any atom is -0.207 e. The summed E-state index contributed by atoms with van der Waals surface area (Å²) in [6.45, 7) is 1.74. The maximum atomic E-state index is 11.5. The summed E-state index contributed by atoms with van der Waals surface area (Å²) in [5.74, 6) is 0. The molecule has 0 saturated carbocycles. The molecule has 0 aliphatic heterocycles. The maximum absolute atomic E-state index is 11.5. The van der Waals surface area contributed by atoms with Crippen LogP contribution in [0.4, 0.5) is 0 Å². The molecular formula is C13H11ClO2S2. The Morgan fingerprint density at radius 1 is 1.17 bits per heavy atom. The van der Waals surface area contributed by atoms with Crippen LogP contribution in [0.2, 0.25) is 0 Å². The fourth-order valence-corrected chi connectivity index (χ4v) is 4.50. The Balaban J connectivity index is 2.40. The average molecular weight is 299 g/mol. The predicted octanol–water partition coefficient (Wildman–Crippen LogP) is 4.15. The standard InChI is InChI=1S/C13H11ClO2S2/c1-10-9-17-12(13(10)18(14,15)16)8-7-11-5-3-2-4-6-11/h2-9H,1H3/b8-7+. The molecule has 0 amide bonds. The van der Waals surface area contributed by atoms with Gasteiger partial charge in [-0.15, -0.1) is 11.3 Å². The first-order chi connectivity index (χ1) is 8.48. The second-order valence-electron chi connectivity index (χ2n) is 3.79. The van der Waals surface area contributed by atoms with E-state index in [-0.39, 0.29) is 4.90 Å². The summed E-state index contributed by atoms with van der Waals surface area (Å²) < 4.78 is 23.0. The van der Waals surface area contributed by atoms with Crippen LogP contribution in [0.25, 0.3) is 12.2 Å². The summed E-state index contributed by atoms with van der Waals surface area (Å²) in [6, 6.07) is 9.69. The van der Waals surface area contributed by atoms with E-state index >= 15 is 0 Å². The molecule has 1 aromatic carbocycles. The van der Waals surface area contributed by atoms with Gasteiger partial charge in [-0.2, -0.15) is 0 Å². The van der Waals surface area contributed by atoms with E-state index in [1.54, 1.807) is 18.4 Å². The summed E-state index contributed by atoms with van der Waals surface area (Å²) >= 11 is 1.37. The van der Waals surface area contributed by atoms with Crippen LogP contribution in [0.15, 0.2) is 40.6 Å². The second-order valence-corrected chi connectivity index (χ2v) is 7.21. The van der Waals surface area contributed by atoms with Gasteiger partial charge in [0.1, 0.15) is 4.90 Å². The fourth-order valence-electron chi connectivity index (χ4n) is 1.62. The highest BCUT2D eigenvalue weighted by molar-refractivity contribution is 8.14. The van der Waals surface area contributed by atoms with Gasteiger partial charge in [0.15, 0.2) is 0 Å². The number of hydrogen-bond donors (Lipinski definition) is 0. The molecule has 0 radical (unpaired) electrons. The molecule has 0 atom stereocenters. The lowest BCUT2D eigenvalue weighted by Crippen LogP contribution is -1.92. The van der Waals surface area contributed by atoms with Crippen LogP contribution < -0.4 is 0 Å². The van der Waals surface area contributed by atoms with Gasteiger partial charge in [0.2, 0.25) is 0 Å². The topological polar surface area (TPSA) is 34.1 Å². The number of thiophene rings is 1. The molecule has 0 aliphatic rings. The van der Waals surface area contributed by atoms with Crippen LogP contribution in [0.3, 0.4) is 0 Å². The van der Waals surface area contributed by atoms with Crippen LogP contribution in [-0.2, 0) is 9.05 Å². The Kier molecular flexibility index (Phi) is 3.90. The van der Waals surface area contributed by atoms with Crippen molar-refractivity contribution in [2.24, 2.45) is 0 Å². The summed E-state index contributed by atoms with van der Waals surface area (Å²) in [7, 11) is 1.74. The third-order valence-electron chi connectivity index (χ3n) is 2.42. The van der Waals surface area contributed by atoms with E-state index in [1.165, 1.54) is 11.3 Å². The van der Waals surface area contributed by atoms with Crippen LogP contribution in [0.1, 0.15) is 16.0 Å². The SMILES string of the molecule is Cc1csc(/C=C/c2ccccc2)c1S(=O)(=O)Cl. The lowest BCUT2D eigenvalue weighted by atomic mass is 10.2. The Bertz CT molecular complexity index is 670. The Hall–Kier alpha value is -1.10. The molecule has 0 spiro atoms. The highest BCUT2D eigenvalue weighted by atomic mass is 35.7. The molecule has 94 valence electrons. The van der Waals surface area contributed by atoms with Crippen molar-refractivity contribution < 1.29 is 8.42 Å². The van der Waals surface area contributed by atoms with E-state index in [2.05, 4.69) is 0 Å². The Morgan fingerprint density at radius 3 is 2.44 bits per heavy atom. The van der Waals surface area contributed by atoms with Gasteiger partial charge in [-0.05, 0) is 29.5 Å². The van der Waals surface area contributed by atoms with Gasteiger partial charge in [-0.3, -0.25) is 0 Å². The van der Waals surface area contributed by atoms with E-state index in [0.717, 1.165) is 5.56 Å². The van der Waals surface area contributed by atoms with Crippen LogP contribution in [0.5, 0.6) is 0 Å². The van der Waals surface area contributed by atoms with Crippen molar-refractivity contribution in [3.8, 4) is 0 Å². The fraction of sp³-hybridized carbons (Fsp3) is 0.0769. The summed E-state index contributed by atoms with van der Waals surface area (Å²) in [4.78, 5) is 0.868. The van der Waals surface area contributed by atoms with Crippen molar-refractivity contribution in [3.05, 3.63) is 51.7 Å². The van der Waals surface area contributed by atoms with Gasteiger partial charge in [0, 0.05) is 15.6 Å². The van der Waals surface area contributed by atoms with Crippen LogP contribution in [-0.4, -0.2) is 8.42 Å². The lowest BCUT2D eigenvalue weighted by molar-refractivity contribution is 0.609. The Morgan fingerprint density at radius 2 is 1.83 bits per heavy atom. The highest BCUT2D eigenvalue weighted by Crippen LogP contribution is 2.31. The zero-order valence-electron chi connectivity index (χ0n) is 9.63. The van der Waals surface area contributed by atoms with E-state index in [1.807, 2.05) is 36.4 Å². The minimum atomic E-state index is -3.69. The van der Waals surface area contributed by atoms with E-state index < -0.39 is 9.05 Å². The molecule has 0 saturated heterocycles. The van der Waals surface area contributed by atoms with Gasteiger partial charge in [-0.1, -0.05) is 36.4 Å². The molecule has 2 aromatic rings. The summed E-state index contributed by atoms with van der Waals surface area (Å²) in [6.07, 6.45) is 3.65. The number of aryl methyl sites for hydroxylation is 1. The molecular weight excluding hydrogens is 288 g/mol. The largest absolute Gasteiger partial charge is 0.263 e. The van der Waals surface area contributed by atoms with Gasteiger partial charge >= 0.3 is 0 Å². The Labute approximate surface area is 115 Å². The molecule has 2 rings (SSSR count). The third-order valence-corrected chi connectivity index (χ3v) is 5.10. The normalized spacial score (nSPS) is 12.1. The van der Waals surface area contributed by atoms with Crippen LogP contribution in [0, 0.1) is 6.92 Å². The van der Waals surface area contributed by atoms with E-state index in [4.69, 9.17) is 10.7 Å². The number of rotatable bonds is 3. The van der Waals surface area contributed by atoms with Gasteiger partial charge in [0.25, 0.3) is 9.05 Å². The molecule has 5 heteroatoms. The summed E-state index contributed by atoms with van der Waals surface area (Å²) in [5, 5.41) is 1.79. The summed E-state index contributed by atoms with van der Waals surface area (Å²) in [5.41, 5.74) is 1.70. The third kappa shape index (κ3) is 3.02. The number of benzene rings is 1. The smallest absolute Gasteiger partial charge is 0.207 e. The van der Waals surface area contributed by atoms with Crippen molar-refractivity contribution in [1.82, 2.24) is 0 Å². The van der Waals surface area contributed by atoms with E-state index in [0.29, 0.717) is 10.4 Å². The molecule has 1 heterocycles. The first-order valence-electron chi connectivity index (χ1n) is 5.24. The van der Waals surface area contributed by atoms with Crippen molar-refractivity contribution >= 4 is 43.2 Å². The molecule has 0 N–H and O–H groups in total. The predicted molar refractivity (Wildman–Crippen MR) is 77.5 cm³/mol. The van der Waals surface area contributed by atoms with Crippen molar-refractivity contribution in [2.45, 2.75) is 11.8 Å². The number of hydrogen-bond acceptors (Lipinski definition) is 3. The molecule has 0 unspecified atom stereocenters. The molecule has 0 fully saturated rings. The number of halogens is 1.